The second kappa shape index (κ2) is 10.8. The van der Waals surface area contributed by atoms with Crippen LogP contribution in [0.5, 0.6) is 11.5 Å². The summed E-state index contributed by atoms with van der Waals surface area (Å²) in [6.07, 6.45) is 1.35. The number of ether oxygens (including phenoxy) is 2. The number of fused-ring (bicyclic) bond motifs is 1. The Bertz CT molecular complexity index is 1250. The summed E-state index contributed by atoms with van der Waals surface area (Å²) in [5, 5.41) is 2.05. The number of nitrogens with zero attached hydrogens (tertiary/aromatic N) is 2. The van der Waals surface area contributed by atoms with Gasteiger partial charge in [-0.2, -0.15) is 4.31 Å². The van der Waals surface area contributed by atoms with Crippen LogP contribution in [0.15, 0.2) is 64.9 Å². The molecule has 0 fully saturated rings. The molecule has 3 aromatic rings. The highest BCUT2D eigenvalue weighted by molar-refractivity contribution is 7.89. The summed E-state index contributed by atoms with van der Waals surface area (Å²) in [6, 6.07) is 15.7. The topological polar surface area (TPSA) is 76.2 Å². The summed E-state index contributed by atoms with van der Waals surface area (Å²) in [5.74, 6) is 1.10. The molecular formula is C26H30N2O5S2. The first-order chi connectivity index (χ1) is 16.9. The van der Waals surface area contributed by atoms with Gasteiger partial charge < -0.3 is 14.4 Å². The summed E-state index contributed by atoms with van der Waals surface area (Å²) >= 11 is 1.69. The average Bonchev–Trinajstić information content (AvgIpc) is 3.37. The quantitative estimate of drug-likeness (QED) is 0.425. The third-order valence-corrected chi connectivity index (χ3v) is 9.06. The molecule has 2 heterocycles. The van der Waals surface area contributed by atoms with Gasteiger partial charge in [0, 0.05) is 18.0 Å². The van der Waals surface area contributed by atoms with Crippen molar-refractivity contribution < 1.29 is 22.7 Å². The molecule has 2 aromatic carbocycles. The van der Waals surface area contributed by atoms with Crippen molar-refractivity contribution in [2.45, 2.75) is 30.7 Å². The van der Waals surface area contributed by atoms with Crippen molar-refractivity contribution in [2.75, 3.05) is 33.9 Å². The van der Waals surface area contributed by atoms with Crippen molar-refractivity contribution in [3.8, 4) is 11.5 Å². The van der Waals surface area contributed by atoms with Crippen LogP contribution in [0, 0.1) is 0 Å². The maximum atomic E-state index is 13.7. The van der Waals surface area contributed by atoms with E-state index in [1.165, 1.54) is 28.4 Å². The van der Waals surface area contributed by atoms with E-state index in [0.717, 1.165) is 23.3 Å². The fraction of sp³-hybridized carbons (Fsp3) is 0.346. The van der Waals surface area contributed by atoms with Gasteiger partial charge >= 0.3 is 0 Å². The van der Waals surface area contributed by atoms with Gasteiger partial charge in [0.05, 0.1) is 31.7 Å². The lowest BCUT2D eigenvalue weighted by Gasteiger charge is -2.37. The van der Waals surface area contributed by atoms with Gasteiger partial charge in [0.25, 0.3) is 0 Å². The molecule has 0 saturated heterocycles. The smallest absolute Gasteiger partial charge is 0.243 e. The lowest BCUT2D eigenvalue weighted by molar-refractivity contribution is -0.133. The van der Waals surface area contributed by atoms with Crippen LogP contribution >= 0.6 is 11.3 Å². The lowest BCUT2D eigenvalue weighted by Crippen LogP contribution is -2.46. The van der Waals surface area contributed by atoms with Crippen molar-refractivity contribution in [1.82, 2.24) is 9.21 Å². The van der Waals surface area contributed by atoms with Crippen LogP contribution < -0.4 is 9.47 Å². The van der Waals surface area contributed by atoms with Crippen LogP contribution in [0.2, 0.25) is 0 Å². The Morgan fingerprint density at radius 3 is 2.26 bits per heavy atom. The third kappa shape index (κ3) is 5.22. The predicted molar refractivity (Wildman–Crippen MR) is 137 cm³/mol. The van der Waals surface area contributed by atoms with Crippen molar-refractivity contribution in [1.29, 1.82) is 0 Å². The van der Waals surface area contributed by atoms with E-state index in [9.17, 15) is 13.2 Å². The van der Waals surface area contributed by atoms with Crippen LogP contribution in [0.1, 0.15) is 35.4 Å². The number of benzene rings is 2. The first-order valence-corrected chi connectivity index (χ1v) is 13.8. The molecule has 0 spiro atoms. The molecule has 1 unspecified atom stereocenters. The molecule has 0 N–H and O–H groups in total. The number of carbonyl (C=O) groups excluding carboxylic acids is 1. The Hall–Kier alpha value is -2.88. The second-order valence-electron chi connectivity index (χ2n) is 8.33. The predicted octanol–water partition coefficient (Wildman–Crippen LogP) is 4.34. The monoisotopic (exact) mass is 514 g/mol. The molecule has 0 aliphatic carbocycles. The van der Waals surface area contributed by atoms with Crippen LogP contribution in [-0.4, -0.2) is 57.4 Å². The van der Waals surface area contributed by atoms with Crippen LogP contribution in [0.4, 0.5) is 0 Å². The van der Waals surface area contributed by atoms with Crippen molar-refractivity contribution in [3.63, 3.8) is 0 Å². The zero-order valence-corrected chi connectivity index (χ0v) is 21.8. The van der Waals surface area contributed by atoms with Gasteiger partial charge in [-0.3, -0.25) is 4.79 Å². The number of sulfonamides is 1. The molecule has 1 amide bonds. The van der Waals surface area contributed by atoms with Crippen LogP contribution in [-0.2, 0) is 21.2 Å². The molecule has 1 atom stereocenters. The molecule has 0 radical (unpaired) electrons. The Labute approximate surface area is 210 Å². The molecule has 4 rings (SSSR count). The van der Waals surface area contributed by atoms with E-state index in [1.807, 2.05) is 41.5 Å². The zero-order chi connectivity index (χ0) is 25.0. The highest BCUT2D eigenvalue weighted by atomic mass is 32.2. The Balaban J connectivity index is 1.63. The molecule has 7 nitrogen and oxygen atoms in total. The number of rotatable bonds is 9. The van der Waals surface area contributed by atoms with E-state index in [-0.39, 0.29) is 29.9 Å². The van der Waals surface area contributed by atoms with Gasteiger partial charge in [-0.25, -0.2) is 8.42 Å². The Morgan fingerprint density at radius 2 is 1.66 bits per heavy atom. The second-order valence-corrected chi connectivity index (χ2v) is 11.3. The largest absolute Gasteiger partial charge is 0.497 e. The molecule has 0 saturated carbocycles. The normalized spacial score (nSPS) is 15.7. The number of thiophene rings is 1. The van der Waals surface area contributed by atoms with E-state index in [0.29, 0.717) is 18.7 Å². The van der Waals surface area contributed by atoms with E-state index >= 15 is 0 Å². The SMILES string of the molecule is CCCN(CC(=O)N1CCc2sccc2C1c1ccc(OC)cc1)S(=O)(=O)c1ccc(OC)cc1. The molecule has 186 valence electrons. The first-order valence-electron chi connectivity index (χ1n) is 11.5. The number of hydrogen-bond acceptors (Lipinski definition) is 6. The van der Waals surface area contributed by atoms with Crippen LogP contribution in [0.3, 0.4) is 0 Å². The fourth-order valence-electron chi connectivity index (χ4n) is 4.40. The van der Waals surface area contributed by atoms with E-state index in [1.54, 1.807) is 30.6 Å². The average molecular weight is 515 g/mol. The van der Waals surface area contributed by atoms with E-state index < -0.39 is 10.0 Å². The summed E-state index contributed by atoms with van der Waals surface area (Å²) in [5.41, 5.74) is 2.07. The highest BCUT2D eigenvalue weighted by Crippen LogP contribution is 2.38. The molecule has 0 bridgehead atoms. The van der Waals surface area contributed by atoms with Crippen LogP contribution in [0.25, 0.3) is 0 Å². The zero-order valence-electron chi connectivity index (χ0n) is 20.1. The van der Waals surface area contributed by atoms with Crippen molar-refractivity contribution >= 4 is 27.3 Å². The highest BCUT2D eigenvalue weighted by Gasteiger charge is 2.35. The van der Waals surface area contributed by atoms with Gasteiger partial charge in [-0.15, -0.1) is 11.3 Å². The van der Waals surface area contributed by atoms with E-state index in [4.69, 9.17) is 9.47 Å². The number of carbonyl (C=O) groups is 1. The number of amides is 1. The summed E-state index contributed by atoms with van der Waals surface area (Å²) in [4.78, 5) is 16.9. The molecular weight excluding hydrogens is 484 g/mol. The minimum atomic E-state index is -3.85. The summed E-state index contributed by atoms with van der Waals surface area (Å²) < 4.78 is 38.6. The van der Waals surface area contributed by atoms with Gasteiger partial charge in [0.15, 0.2) is 0 Å². The third-order valence-electron chi connectivity index (χ3n) is 6.20. The maximum absolute atomic E-state index is 13.7. The molecule has 1 aromatic heterocycles. The number of methoxy groups -OCH3 is 2. The Morgan fingerprint density at radius 1 is 1.03 bits per heavy atom. The minimum Gasteiger partial charge on any atom is -0.497 e. The molecule has 35 heavy (non-hydrogen) atoms. The molecule has 1 aliphatic heterocycles. The summed E-state index contributed by atoms with van der Waals surface area (Å²) in [6.45, 7) is 2.48. The Kier molecular flexibility index (Phi) is 7.78. The molecule has 1 aliphatic rings. The fourth-order valence-corrected chi connectivity index (χ4v) is 6.79. The van der Waals surface area contributed by atoms with Gasteiger partial charge in [0.2, 0.25) is 15.9 Å². The van der Waals surface area contributed by atoms with Crippen molar-refractivity contribution in [2.24, 2.45) is 0 Å². The van der Waals surface area contributed by atoms with Gasteiger partial charge in [0.1, 0.15) is 11.5 Å². The maximum Gasteiger partial charge on any atom is 0.243 e. The van der Waals surface area contributed by atoms with E-state index in [2.05, 4.69) is 6.07 Å². The first kappa shape index (κ1) is 25.2. The number of hydrogen-bond donors (Lipinski definition) is 0. The standard InChI is InChI=1S/C26H30N2O5S2/c1-4-15-27(35(30,31)22-11-9-21(33-3)10-12-22)18-25(29)28-16-13-24-23(14-17-34-24)26(28)19-5-7-20(32-2)8-6-19/h5-12,14,17,26H,4,13,15-16,18H2,1-3H3. The van der Waals surface area contributed by atoms with Gasteiger partial charge in [-0.1, -0.05) is 19.1 Å². The minimum absolute atomic E-state index is 0.144. The van der Waals surface area contributed by atoms with Crippen molar-refractivity contribution in [3.05, 3.63) is 76.0 Å². The summed E-state index contributed by atoms with van der Waals surface area (Å²) in [7, 11) is -0.698. The lowest BCUT2D eigenvalue weighted by atomic mass is 9.93. The molecule has 9 heteroatoms. The van der Waals surface area contributed by atoms with Gasteiger partial charge in [-0.05, 0) is 71.8 Å².